The molecule has 0 fully saturated rings. The maximum Gasteiger partial charge on any atom is 0.196 e. The molecule has 0 unspecified atom stereocenters. The second kappa shape index (κ2) is 7.68. The van der Waals surface area contributed by atoms with Crippen LogP contribution in [0.5, 0.6) is 0 Å². The predicted octanol–water partition coefficient (Wildman–Crippen LogP) is 5.12. The minimum Gasteiger partial charge on any atom is -0.399 e. The lowest BCUT2D eigenvalue weighted by Crippen LogP contribution is -2.00. The largest absolute Gasteiger partial charge is 0.399 e. The Morgan fingerprint density at radius 2 is 1.70 bits per heavy atom. The number of aryl methyl sites for hydroxylation is 1. The number of nitrogen functional groups attached to an aromatic ring is 1. The first-order chi connectivity index (χ1) is 13.2. The standard InChI is InChI=1S/C22H20N4S/c1-16-7-5-8-17(13-16)15-27-22-25-24-21(18-9-6-10-19(23)14-18)26(22)20-11-3-2-4-12-20/h2-14H,15,23H2,1H3. The van der Waals surface area contributed by atoms with Crippen molar-refractivity contribution < 1.29 is 0 Å². The third-order valence-electron chi connectivity index (χ3n) is 4.24. The van der Waals surface area contributed by atoms with Crippen LogP contribution < -0.4 is 5.73 Å². The highest BCUT2D eigenvalue weighted by Gasteiger charge is 2.16. The smallest absolute Gasteiger partial charge is 0.196 e. The average Bonchev–Trinajstić information content (AvgIpc) is 3.11. The highest BCUT2D eigenvalue weighted by atomic mass is 32.2. The van der Waals surface area contributed by atoms with Gasteiger partial charge in [-0.3, -0.25) is 4.57 Å². The zero-order valence-electron chi connectivity index (χ0n) is 15.0. The molecule has 5 heteroatoms. The van der Waals surface area contributed by atoms with E-state index in [1.807, 2.05) is 42.5 Å². The molecule has 0 aliphatic carbocycles. The number of hydrogen-bond donors (Lipinski definition) is 1. The molecule has 0 saturated heterocycles. The number of hydrogen-bond acceptors (Lipinski definition) is 4. The molecule has 0 radical (unpaired) electrons. The van der Waals surface area contributed by atoms with Crippen LogP contribution in [0.1, 0.15) is 11.1 Å². The zero-order chi connectivity index (χ0) is 18.6. The summed E-state index contributed by atoms with van der Waals surface area (Å²) in [4.78, 5) is 0. The zero-order valence-corrected chi connectivity index (χ0v) is 15.9. The summed E-state index contributed by atoms with van der Waals surface area (Å²) >= 11 is 1.68. The first-order valence-corrected chi connectivity index (χ1v) is 9.74. The molecule has 0 spiro atoms. The van der Waals surface area contributed by atoms with Gasteiger partial charge in [-0.1, -0.05) is 71.9 Å². The second-order valence-electron chi connectivity index (χ2n) is 6.38. The van der Waals surface area contributed by atoms with Crippen LogP contribution in [0.4, 0.5) is 5.69 Å². The fraction of sp³-hybridized carbons (Fsp3) is 0.0909. The maximum absolute atomic E-state index is 5.98. The van der Waals surface area contributed by atoms with E-state index >= 15 is 0 Å². The van der Waals surface area contributed by atoms with Crippen LogP contribution in [0, 0.1) is 6.92 Å². The molecule has 0 atom stereocenters. The van der Waals surface area contributed by atoms with E-state index in [0.29, 0.717) is 5.69 Å². The van der Waals surface area contributed by atoms with E-state index in [1.54, 1.807) is 11.8 Å². The van der Waals surface area contributed by atoms with Crippen molar-refractivity contribution in [2.75, 3.05) is 5.73 Å². The van der Waals surface area contributed by atoms with Crippen molar-refractivity contribution in [1.29, 1.82) is 0 Å². The Balaban J connectivity index is 1.73. The predicted molar refractivity (Wildman–Crippen MR) is 112 cm³/mol. The second-order valence-corrected chi connectivity index (χ2v) is 7.32. The van der Waals surface area contributed by atoms with Crippen molar-refractivity contribution >= 4 is 17.4 Å². The topological polar surface area (TPSA) is 56.7 Å². The molecule has 4 rings (SSSR count). The number of rotatable bonds is 5. The first-order valence-electron chi connectivity index (χ1n) is 8.76. The molecule has 4 nitrogen and oxygen atoms in total. The normalized spacial score (nSPS) is 10.9. The molecule has 0 aliphatic heterocycles. The van der Waals surface area contributed by atoms with Crippen molar-refractivity contribution in [2.24, 2.45) is 0 Å². The lowest BCUT2D eigenvalue weighted by Gasteiger charge is -2.11. The molecule has 2 N–H and O–H groups in total. The Bertz CT molecular complexity index is 1060. The Labute approximate surface area is 163 Å². The van der Waals surface area contributed by atoms with Crippen LogP contribution in [0.25, 0.3) is 17.1 Å². The van der Waals surface area contributed by atoms with Gasteiger partial charge in [-0.05, 0) is 36.8 Å². The van der Waals surface area contributed by atoms with Crippen LogP contribution in [0.3, 0.4) is 0 Å². The summed E-state index contributed by atoms with van der Waals surface area (Å²) in [5.41, 5.74) is 11.2. The Morgan fingerprint density at radius 3 is 2.48 bits per heavy atom. The maximum atomic E-state index is 5.98. The molecule has 134 valence electrons. The lowest BCUT2D eigenvalue weighted by atomic mass is 10.2. The molecular formula is C22H20N4S. The minimum absolute atomic E-state index is 0.712. The molecule has 3 aromatic carbocycles. The molecule has 0 saturated carbocycles. The van der Waals surface area contributed by atoms with Gasteiger partial charge in [0, 0.05) is 22.7 Å². The molecule has 0 aliphatic rings. The van der Waals surface area contributed by atoms with E-state index < -0.39 is 0 Å². The SMILES string of the molecule is Cc1cccc(CSc2nnc(-c3cccc(N)c3)n2-c2ccccc2)c1. The van der Waals surface area contributed by atoms with E-state index in [2.05, 4.69) is 58.1 Å². The van der Waals surface area contributed by atoms with Crippen LogP contribution in [-0.4, -0.2) is 14.8 Å². The summed E-state index contributed by atoms with van der Waals surface area (Å²) in [5.74, 6) is 1.63. The Kier molecular flexibility index (Phi) is 4.94. The Hall–Kier alpha value is -3.05. The highest BCUT2D eigenvalue weighted by molar-refractivity contribution is 7.98. The summed E-state index contributed by atoms with van der Waals surface area (Å²) in [6, 6.07) is 26.5. The quantitative estimate of drug-likeness (QED) is 0.390. The third kappa shape index (κ3) is 3.88. The van der Waals surface area contributed by atoms with E-state index in [-0.39, 0.29) is 0 Å². The number of aromatic nitrogens is 3. The van der Waals surface area contributed by atoms with Crippen molar-refractivity contribution in [3.05, 3.63) is 90.0 Å². The molecular weight excluding hydrogens is 352 g/mol. The van der Waals surface area contributed by atoms with E-state index in [9.17, 15) is 0 Å². The van der Waals surface area contributed by atoms with Gasteiger partial charge in [0.05, 0.1) is 0 Å². The number of nitrogens with two attached hydrogens (primary N) is 1. The molecule has 1 aromatic heterocycles. The number of benzene rings is 3. The van der Waals surface area contributed by atoms with Gasteiger partial charge in [0.1, 0.15) is 0 Å². The lowest BCUT2D eigenvalue weighted by molar-refractivity contribution is 0.886. The molecule has 1 heterocycles. The van der Waals surface area contributed by atoms with Gasteiger partial charge in [0.25, 0.3) is 0 Å². The van der Waals surface area contributed by atoms with Crippen LogP contribution in [0.2, 0.25) is 0 Å². The van der Waals surface area contributed by atoms with Gasteiger partial charge in [0.2, 0.25) is 0 Å². The summed E-state index contributed by atoms with van der Waals surface area (Å²) < 4.78 is 2.09. The summed E-state index contributed by atoms with van der Waals surface area (Å²) in [5, 5.41) is 9.80. The van der Waals surface area contributed by atoms with E-state index in [4.69, 9.17) is 5.73 Å². The van der Waals surface area contributed by atoms with Gasteiger partial charge in [-0.2, -0.15) is 0 Å². The van der Waals surface area contributed by atoms with Crippen molar-refractivity contribution in [2.45, 2.75) is 17.8 Å². The van der Waals surface area contributed by atoms with E-state index in [1.165, 1.54) is 11.1 Å². The first kappa shape index (κ1) is 17.4. The molecule has 27 heavy (non-hydrogen) atoms. The number of nitrogens with zero attached hydrogens (tertiary/aromatic N) is 3. The Morgan fingerprint density at radius 1 is 0.889 bits per heavy atom. The molecule has 4 aromatic rings. The number of anilines is 1. The van der Waals surface area contributed by atoms with Crippen LogP contribution in [0.15, 0.2) is 84.0 Å². The van der Waals surface area contributed by atoms with Crippen molar-refractivity contribution in [1.82, 2.24) is 14.8 Å². The number of thioether (sulfide) groups is 1. The highest BCUT2D eigenvalue weighted by Crippen LogP contribution is 2.30. The van der Waals surface area contributed by atoms with Gasteiger partial charge < -0.3 is 5.73 Å². The van der Waals surface area contributed by atoms with E-state index in [0.717, 1.165) is 28.0 Å². The van der Waals surface area contributed by atoms with Crippen molar-refractivity contribution in [3.8, 4) is 17.1 Å². The average molecular weight is 372 g/mol. The van der Waals surface area contributed by atoms with Gasteiger partial charge >= 0.3 is 0 Å². The van der Waals surface area contributed by atoms with Crippen LogP contribution >= 0.6 is 11.8 Å². The van der Waals surface area contributed by atoms with Crippen molar-refractivity contribution in [3.63, 3.8) is 0 Å². The van der Waals surface area contributed by atoms with Gasteiger partial charge in [0.15, 0.2) is 11.0 Å². The third-order valence-corrected chi connectivity index (χ3v) is 5.24. The summed E-state index contributed by atoms with van der Waals surface area (Å²) in [6.07, 6.45) is 0. The minimum atomic E-state index is 0.712. The molecule has 0 bridgehead atoms. The van der Waals surface area contributed by atoms with Crippen LogP contribution in [-0.2, 0) is 5.75 Å². The monoisotopic (exact) mass is 372 g/mol. The van der Waals surface area contributed by atoms with Gasteiger partial charge in [-0.25, -0.2) is 0 Å². The van der Waals surface area contributed by atoms with Gasteiger partial charge in [-0.15, -0.1) is 10.2 Å². The number of para-hydroxylation sites is 1. The summed E-state index contributed by atoms with van der Waals surface area (Å²) in [6.45, 7) is 2.11. The fourth-order valence-electron chi connectivity index (χ4n) is 2.99. The summed E-state index contributed by atoms with van der Waals surface area (Å²) in [7, 11) is 0. The fourth-order valence-corrected chi connectivity index (χ4v) is 3.88. The molecule has 0 amide bonds.